The van der Waals surface area contributed by atoms with Gasteiger partial charge in [0.25, 0.3) is 0 Å². The van der Waals surface area contributed by atoms with Crippen molar-refractivity contribution in [1.82, 2.24) is 9.80 Å². The maximum absolute atomic E-state index is 13.7. The molecule has 0 aliphatic carbocycles. The summed E-state index contributed by atoms with van der Waals surface area (Å²) in [6, 6.07) is 6.35. The summed E-state index contributed by atoms with van der Waals surface area (Å²) in [5, 5.41) is 0. The minimum atomic E-state index is -0.941. The maximum atomic E-state index is 13.7. The fraction of sp³-hybridized carbons (Fsp3) is 0.529. The zero-order valence-electron chi connectivity index (χ0n) is 14.1. The van der Waals surface area contributed by atoms with Gasteiger partial charge in [0, 0.05) is 26.3 Å². The summed E-state index contributed by atoms with van der Waals surface area (Å²) in [5.41, 5.74) is 5.08. The van der Waals surface area contributed by atoms with Gasteiger partial charge in [-0.25, -0.2) is 4.39 Å². The quantitative estimate of drug-likeness (QED) is 0.797. The SMILES string of the molecule is COCC1(C(N)=O)CCCN1CC(=O)N(C)Cc1ccccc1F. The molecule has 2 N–H and O–H groups in total. The molecule has 0 saturated carbocycles. The van der Waals surface area contributed by atoms with E-state index in [9.17, 15) is 14.0 Å². The van der Waals surface area contributed by atoms with Crippen LogP contribution in [-0.4, -0.2) is 61.0 Å². The van der Waals surface area contributed by atoms with Gasteiger partial charge in [0.2, 0.25) is 11.8 Å². The average Bonchev–Trinajstić information content (AvgIpc) is 2.93. The van der Waals surface area contributed by atoms with Crippen LogP contribution in [-0.2, 0) is 20.9 Å². The Kier molecular flexibility index (Phi) is 5.90. The highest BCUT2D eigenvalue weighted by Crippen LogP contribution is 2.29. The molecule has 2 rings (SSSR count). The Balaban J connectivity index is 2.05. The number of likely N-dealkylation sites (tertiary alicyclic amines) is 1. The second kappa shape index (κ2) is 7.72. The summed E-state index contributed by atoms with van der Waals surface area (Å²) in [6.07, 6.45) is 1.34. The topological polar surface area (TPSA) is 75.9 Å². The van der Waals surface area contributed by atoms with Crippen LogP contribution < -0.4 is 5.73 Å². The number of nitrogens with two attached hydrogens (primary N) is 1. The number of benzene rings is 1. The monoisotopic (exact) mass is 337 g/mol. The lowest BCUT2D eigenvalue weighted by Crippen LogP contribution is -2.58. The zero-order chi connectivity index (χ0) is 17.7. The lowest BCUT2D eigenvalue weighted by molar-refractivity contribution is -0.138. The number of amides is 2. The van der Waals surface area contributed by atoms with Crippen molar-refractivity contribution in [2.24, 2.45) is 5.73 Å². The lowest BCUT2D eigenvalue weighted by Gasteiger charge is -2.35. The first-order chi connectivity index (χ1) is 11.4. The molecule has 6 nitrogen and oxygen atoms in total. The first kappa shape index (κ1) is 18.4. The normalized spacial score (nSPS) is 21.0. The summed E-state index contributed by atoms with van der Waals surface area (Å²) in [7, 11) is 3.13. The Morgan fingerprint density at radius 1 is 1.42 bits per heavy atom. The van der Waals surface area contributed by atoms with Crippen LogP contribution in [0.15, 0.2) is 24.3 Å². The fourth-order valence-electron chi connectivity index (χ4n) is 3.17. The molecule has 1 saturated heterocycles. The highest BCUT2D eigenvalue weighted by Gasteiger charge is 2.47. The Morgan fingerprint density at radius 2 is 2.12 bits per heavy atom. The van der Waals surface area contributed by atoms with E-state index >= 15 is 0 Å². The van der Waals surface area contributed by atoms with Crippen LogP contribution in [0.3, 0.4) is 0 Å². The van der Waals surface area contributed by atoms with Crippen LogP contribution in [0.1, 0.15) is 18.4 Å². The van der Waals surface area contributed by atoms with Gasteiger partial charge in [0.1, 0.15) is 11.4 Å². The Labute approximate surface area is 141 Å². The summed E-state index contributed by atoms with van der Waals surface area (Å²) in [4.78, 5) is 27.7. The first-order valence-electron chi connectivity index (χ1n) is 7.92. The van der Waals surface area contributed by atoms with E-state index in [1.165, 1.54) is 18.1 Å². The van der Waals surface area contributed by atoms with Gasteiger partial charge in [0.15, 0.2) is 0 Å². The van der Waals surface area contributed by atoms with Gasteiger partial charge in [-0.3, -0.25) is 14.5 Å². The molecule has 1 aliphatic heterocycles. The van der Waals surface area contributed by atoms with Crippen molar-refractivity contribution in [2.75, 3.05) is 33.9 Å². The van der Waals surface area contributed by atoms with Gasteiger partial charge in [-0.1, -0.05) is 18.2 Å². The second-order valence-corrected chi connectivity index (χ2v) is 6.20. The number of ether oxygens (including phenoxy) is 1. The Morgan fingerprint density at radius 3 is 2.75 bits per heavy atom. The number of nitrogens with zero attached hydrogens (tertiary/aromatic N) is 2. The molecule has 0 bridgehead atoms. The molecule has 1 aliphatic rings. The third-order valence-corrected chi connectivity index (χ3v) is 4.58. The van der Waals surface area contributed by atoms with Crippen LogP contribution in [0.2, 0.25) is 0 Å². The standard InChI is InChI=1S/C17H24FN3O3/c1-20(10-13-6-3-4-7-14(13)18)15(22)11-21-9-5-8-17(21,12-24-2)16(19)23/h3-4,6-7H,5,8-12H2,1-2H3,(H2,19,23). The van der Waals surface area contributed by atoms with Crippen molar-refractivity contribution in [2.45, 2.75) is 24.9 Å². The van der Waals surface area contributed by atoms with Crippen molar-refractivity contribution in [1.29, 1.82) is 0 Å². The third kappa shape index (κ3) is 3.73. The van der Waals surface area contributed by atoms with E-state index < -0.39 is 11.4 Å². The smallest absolute Gasteiger partial charge is 0.240 e. The van der Waals surface area contributed by atoms with E-state index in [1.807, 2.05) is 0 Å². The number of halogens is 1. The van der Waals surface area contributed by atoms with Crippen LogP contribution in [0, 0.1) is 5.82 Å². The van der Waals surface area contributed by atoms with Crippen LogP contribution in [0.25, 0.3) is 0 Å². The minimum absolute atomic E-state index is 0.0528. The molecular weight excluding hydrogens is 313 g/mol. The molecule has 2 amide bonds. The van der Waals surface area contributed by atoms with Crippen LogP contribution in [0.5, 0.6) is 0 Å². The van der Waals surface area contributed by atoms with Gasteiger partial charge in [-0.2, -0.15) is 0 Å². The highest BCUT2D eigenvalue weighted by atomic mass is 19.1. The number of hydrogen-bond acceptors (Lipinski definition) is 4. The summed E-state index contributed by atoms with van der Waals surface area (Å²) in [5.74, 6) is -1.02. The maximum Gasteiger partial charge on any atom is 0.240 e. The molecule has 1 fully saturated rings. The average molecular weight is 337 g/mol. The van der Waals surface area contributed by atoms with Crippen molar-refractivity contribution in [3.8, 4) is 0 Å². The zero-order valence-corrected chi connectivity index (χ0v) is 14.1. The van der Waals surface area contributed by atoms with E-state index in [1.54, 1.807) is 30.1 Å². The van der Waals surface area contributed by atoms with E-state index in [4.69, 9.17) is 10.5 Å². The summed E-state index contributed by atoms with van der Waals surface area (Å²) in [6.45, 7) is 0.989. The predicted octanol–water partition coefficient (Wildman–Crippen LogP) is 0.750. The predicted molar refractivity (Wildman–Crippen MR) is 87.5 cm³/mol. The number of likely N-dealkylation sites (N-methyl/N-ethyl adjacent to an activating group) is 1. The van der Waals surface area contributed by atoms with Gasteiger partial charge in [-0.05, 0) is 25.5 Å². The molecule has 24 heavy (non-hydrogen) atoms. The number of methoxy groups -OCH3 is 1. The van der Waals surface area contributed by atoms with Crippen molar-refractivity contribution in [3.63, 3.8) is 0 Å². The summed E-state index contributed by atoms with van der Waals surface area (Å²) < 4.78 is 18.9. The van der Waals surface area contributed by atoms with E-state index in [2.05, 4.69) is 0 Å². The highest BCUT2D eigenvalue weighted by molar-refractivity contribution is 5.86. The fourth-order valence-corrected chi connectivity index (χ4v) is 3.17. The molecule has 132 valence electrons. The molecule has 0 aromatic heterocycles. The van der Waals surface area contributed by atoms with Crippen molar-refractivity contribution >= 4 is 11.8 Å². The molecule has 1 aromatic rings. The van der Waals surface area contributed by atoms with Crippen LogP contribution >= 0.6 is 0 Å². The summed E-state index contributed by atoms with van der Waals surface area (Å²) >= 11 is 0. The lowest BCUT2D eigenvalue weighted by atomic mass is 9.96. The van der Waals surface area contributed by atoms with E-state index in [0.717, 1.165) is 6.42 Å². The van der Waals surface area contributed by atoms with Crippen LogP contribution in [0.4, 0.5) is 4.39 Å². The van der Waals surface area contributed by atoms with E-state index in [-0.39, 0.29) is 31.4 Å². The molecule has 1 atom stereocenters. The van der Waals surface area contributed by atoms with E-state index in [0.29, 0.717) is 18.5 Å². The molecule has 1 heterocycles. The van der Waals surface area contributed by atoms with Gasteiger partial charge in [0.05, 0.1) is 13.2 Å². The Hall–Kier alpha value is -1.99. The number of carbonyl (C=O) groups is 2. The largest absolute Gasteiger partial charge is 0.382 e. The van der Waals surface area contributed by atoms with Crippen molar-refractivity contribution < 1.29 is 18.7 Å². The van der Waals surface area contributed by atoms with Gasteiger partial charge < -0.3 is 15.4 Å². The number of rotatable bonds is 7. The molecule has 7 heteroatoms. The molecule has 1 aromatic carbocycles. The number of primary amides is 1. The Bertz CT molecular complexity index is 610. The number of carbonyl (C=O) groups excluding carboxylic acids is 2. The molecule has 0 radical (unpaired) electrons. The number of hydrogen-bond donors (Lipinski definition) is 1. The molecule has 0 spiro atoms. The molecular formula is C17H24FN3O3. The third-order valence-electron chi connectivity index (χ3n) is 4.58. The molecule has 1 unspecified atom stereocenters. The van der Waals surface area contributed by atoms with Crippen molar-refractivity contribution in [3.05, 3.63) is 35.6 Å². The van der Waals surface area contributed by atoms with Gasteiger partial charge in [-0.15, -0.1) is 0 Å². The second-order valence-electron chi connectivity index (χ2n) is 6.20. The van der Waals surface area contributed by atoms with Gasteiger partial charge >= 0.3 is 0 Å². The minimum Gasteiger partial charge on any atom is -0.382 e. The first-order valence-corrected chi connectivity index (χ1v) is 7.92.